The van der Waals surface area contributed by atoms with Crippen LogP contribution >= 0.6 is 23.1 Å². The Hall–Kier alpha value is -1.57. The number of rotatable bonds is 5. The highest BCUT2D eigenvalue weighted by Crippen LogP contribution is 2.32. The molecule has 1 aromatic heterocycles. The van der Waals surface area contributed by atoms with E-state index in [-0.39, 0.29) is 5.91 Å². The van der Waals surface area contributed by atoms with Crippen molar-refractivity contribution < 1.29 is 9.53 Å². The van der Waals surface area contributed by atoms with Crippen LogP contribution < -0.4 is 10.1 Å². The van der Waals surface area contributed by atoms with E-state index in [2.05, 4.69) is 15.2 Å². The molecule has 1 unspecified atom stereocenters. The van der Waals surface area contributed by atoms with E-state index in [0.717, 1.165) is 21.3 Å². The molecule has 1 atom stereocenters. The van der Waals surface area contributed by atoms with Gasteiger partial charge in [0, 0.05) is 23.0 Å². The first-order valence-electron chi connectivity index (χ1n) is 8.52. The predicted molar refractivity (Wildman–Crippen MR) is 99.6 cm³/mol. The van der Waals surface area contributed by atoms with Crippen LogP contribution in [0, 0.1) is 5.92 Å². The molecule has 2 aromatic rings. The van der Waals surface area contributed by atoms with Gasteiger partial charge < -0.3 is 15.0 Å². The molecule has 3 aliphatic rings. The van der Waals surface area contributed by atoms with E-state index in [1.165, 1.54) is 25.9 Å². The van der Waals surface area contributed by atoms with Crippen LogP contribution in [-0.4, -0.2) is 48.6 Å². The third kappa shape index (κ3) is 3.83. The van der Waals surface area contributed by atoms with E-state index in [4.69, 9.17) is 4.74 Å². The lowest BCUT2D eigenvalue weighted by atomic mass is 9.84. The molecule has 2 bridgehead atoms. The Morgan fingerprint density at radius 3 is 2.68 bits per heavy atom. The van der Waals surface area contributed by atoms with Gasteiger partial charge in [0.2, 0.25) is 5.88 Å². The van der Waals surface area contributed by atoms with Crippen LogP contribution in [0.3, 0.4) is 0 Å². The smallest absolute Gasteiger partial charge is 0.251 e. The van der Waals surface area contributed by atoms with E-state index in [9.17, 15) is 4.79 Å². The fourth-order valence-electron chi connectivity index (χ4n) is 3.54. The summed E-state index contributed by atoms with van der Waals surface area (Å²) in [5.74, 6) is 1.32. The van der Waals surface area contributed by atoms with Crippen molar-refractivity contribution in [1.29, 1.82) is 0 Å². The number of carbonyl (C=O) groups excluding carboxylic acids is 1. The van der Waals surface area contributed by atoms with Gasteiger partial charge in [0.05, 0.1) is 12.5 Å². The molecule has 1 N–H and O–H groups in total. The van der Waals surface area contributed by atoms with E-state index in [1.54, 1.807) is 30.2 Å². The minimum absolute atomic E-state index is 0.0335. The Balaban J connectivity index is 1.37. The normalized spacial score (nSPS) is 24.9. The molecule has 3 fully saturated rings. The first kappa shape index (κ1) is 16.9. The number of nitrogens with one attached hydrogen (secondary N) is 1. The minimum atomic E-state index is 0.0335. The summed E-state index contributed by atoms with van der Waals surface area (Å²) in [6.45, 7) is 3.37. The van der Waals surface area contributed by atoms with Crippen LogP contribution in [0.25, 0.3) is 0 Å². The number of thiazole rings is 1. The largest absolute Gasteiger partial charge is 0.480 e. The molecular formula is C18H21N3O2S2. The molecule has 0 saturated carbocycles. The molecule has 3 aliphatic heterocycles. The number of hydrogen-bond acceptors (Lipinski definition) is 6. The van der Waals surface area contributed by atoms with Crippen molar-refractivity contribution in [1.82, 2.24) is 15.2 Å². The van der Waals surface area contributed by atoms with E-state index < -0.39 is 0 Å². The molecule has 4 heterocycles. The molecule has 25 heavy (non-hydrogen) atoms. The quantitative estimate of drug-likeness (QED) is 0.870. The fourth-order valence-corrected chi connectivity index (χ4v) is 5.27. The second-order valence-electron chi connectivity index (χ2n) is 6.50. The highest BCUT2D eigenvalue weighted by molar-refractivity contribution is 8.01. The van der Waals surface area contributed by atoms with Gasteiger partial charge in [-0.05, 0) is 56.1 Å². The minimum Gasteiger partial charge on any atom is -0.480 e. The van der Waals surface area contributed by atoms with Gasteiger partial charge in [0.15, 0.2) is 4.34 Å². The number of hydrogen-bond donors (Lipinski definition) is 1. The second kappa shape index (κ2) is 7.35. The van der Waals surface area contributed by atoms with Crippen LogP contribution in [0.5, 0.6) is 5.88 Å². The van der Waals surface area contributed by atoms with Gasteiger partial charge in [0.1, 0.15) is 0 Å². The molecular weight excluding hydrogens is 354 g/mol. The van der Waals surface area contributed by atoms with Gasteiger partial charge in [-0.15, -0.1) is 11.3 Å². The zero-order chi connectivity index (χ0) is 17.2. The highest BCUT2D eigenvalue weighted by atomic mass is 32.2. The molecule has 132 valence electrons. The molecule has 5 rings (SSSR count). The highest BCUT2D eigenvalue weighted by Gasteiger charge is 2.34. The second-order valence-corrected chi connectivity index (χ2v) is 8.68. The van der Waals surface area contributed by atoms with Crippen molar-refractivity contribution in [3.05, 3.63) is 35.2 Å². The number of piperidine rings is 3. The van der Waals surface area contributed by atoms with Crippen molar-refractivity contribution >= 4 is 29.0 Å². The van der Waals surface area contributed by atoms with E-state index in [1.807, 2.05) is 29.6 Å². The summed E-state index contributed by atoms with van der Waals surface area (Å²) in [4.78, 5) is 20.4. The van der Waals surface area contributed by atoms with Crippen molar-refractivity contribution in [2.75, 3.05) is 26.7 Å². The van der Waals surface area contributed by atoms with Gasteiger partial charge in [0.25, 0.3) is 5.91 Å². The first-order chi connectivity index (χ1) is 12.2. The number of aromatic nitrogens is 1. The van der Waals surface area contributed by atoms with E-state index >= 15 is 0 Å². The molecule has 0 radical (unpaired) electrons. The van der Waals surface area contributed by atoms with Crippen molar-refractivity contribution in [2.45, 2.75) is 28.1 Å². The maximum atomic E-state index is 12.5. The van der Waals surface area contributed by atoms with Crippen molar-refractivity contribution in [2.24, 2.45) is 5.92 Å². The molecule has 3 saturated heterocycles. The number of methoxy groups -OCH3 is 1. The van der Waals surface area contributed by atoms with Crippen molar-refractivity contribution in [3.63, 3.8) is 0 Å². The number of carbonyl (C=O) groups is 1. The number of benzene rings is 1. The summed E-state index contributed by atoms with van der Waals surface area (Å²) in [7, 11) is 1.62. The summed E-state index contributed by atoms with van der Waals surface area (Å²) in [5.41, 5.74) is 0.720. The third-order valence-electron chi connectivity index (χ3n) is 4.97. The summed E-state index contributed by atoms with van der Waals surface area (Å²) in [6, 6.07) is 8.04. The Morgan fingerprint density at radius 1 is 1.32 bits per heavy atom. The topological polar surface area (TPSA) is 54.5 Å². The predicted octanol–water partition coefficient (Wildman–Crippen LogP) is 3.13. The first-order valence-corrected chi connectivity index (χ1v) is 10.2. The lowest BCUT2D eigenvalue weighted by molar-refractivity contribution is 0.0620. The Morgan fingerprint density at radius 2 is 2.08 bits per heavy atom. The van der Waals surface area contributed by atoms with Crippen LogP contribution in [-0.2, 0) is 0 Å². The summed E-state index contributed by atoms with van der Waals surface area (Å²) >= 11 is 3.13. The van der Waals surface area contributed by atoms with Gasteiger partial charge >= 0.3 is 0 Å². The maximum Gasteiger partial charge on any atom is 0.251 e. The fraction of sp³-hybridized carbons (Fsp3) is 0.444. The van der Waals surface area contributed by atoms with Gasteiger partial charge in [-0.1, -0.05) is 11.8 Å². The summed E-state index contributed by atoms with van der Waals surface area (Å²) in [5, 5.41) is 5.12. The number of nitrogens with zero attached hydrogens (tertiary/aromatic N) is 2. The van der Waals surface area contributed by atoms with E-state index in [0.29, 0.717) is 17.8 Å². The molecule has 1 amide bonds. The van der Waals surface area contributed by atoms with Gasteiger partial charge in [-0.25, -0.2) is 0 Å². The Labute approximate surface area is 155 Å². The lowest BCUT2D eigenvalue weighted by Crippen LogP contribution is -2.57. The van der Waals surface area contributed by atoms with Crippen LogP contribution in [0.2, 0.25) is 0 Å². The zero-order valence-electron chi connectivity index (χ0n) is 14.1. The average Bonchev–Trinajstić information content (AvgIpc) is 3.11. The number of amides is 1. The Kier molecular flexibility index (Phi) is 4.96. The average molecular weight is 376 g/mol. The number of ether oxygens (including phenoxy) is 1. The molecule has 1 aromatic carbocycles. The Bertz CT molecular complexity index is 739. The number of fused-ring (bicyclic) bond motifs is 3. The standard InChI is InChI=1S/C18H21N3O2S2/c1-23-16-11-24-18(20-16)25-14-4-2-13(3-5-14)17(22)19-15-10-21-8-6-12(15)7-9-21/h2-5,11-12,15H,6-10H2,1H3,(H,19,22). The maximum absolute atomic E-state index is 12.5. The SMILES string of the molecule is COc1csc(Sc2ccc(C(=O)NC3CN4CCC3CC4)cc2)n1. The van der Waals surface area contributed by atoms with Crippen molar-refractivity contribution in [3.8, 4) is 5.88 Å². The molecule has 0 spiro atoms. The molecule has 7 heteroatoms. The summed E-state index contributed by atoms with van der Waals surface area (Å²) in [6.07, 6.45) is 2.41. The van der Waals surface area contributed by atoms with Gasteiger partial charge in [-0.3, -0.25) is 4.79 Å². The molecule has 0 aliphatic carbocycles. The lowest BCUT2D eigenvalue weighted by Gasteiger charge is -2.44. The summed E-state index contributed by atoms with van der Waals surface area (Å²) < 4.78 is 6.04. The monoisotopic (exact) mass is 375 g/mol. The van der Waals surface area contributed by atoms with Gasteiger partial charge in [-0.2, -0.15) is 4.98 Å². The molecule has 5 nitrogen and oxygen atoms in total. The van der Waals surface area contributed by atoms with Crippen LogP contribution in [0.15, 0.2) is 38.9 Å². The van der Waals surface area contributed by atoms with Crippen LogP contribution in [0.1, 0.15) is 23.2 Å². The van der Waals surface area contributed by atoms with Crippen LogP contribution in [0.4, 0.5) is 0 Å². The third-order valence-corrected chi connectivity index (χ3v) is 6.89. The zero-order valence-corrected chi connectivity index (χ0v) is 15.7.